The summed E-state index contributed by atoms with van der Waals surface area (Å²) in [7, 11) is 0. The number of nitrogens with zero attached hydrogens (tertiary/aromatic N) is 1. The van der Waals surface area contributed by atoms with Crippen LogP contribution in [0, 0.1) is 18.3 Å². The summed E-state index contributed by atoms with van der Waals surface area (Å²) >= 11 is 0. The molecule has 0 amide bonds. The lowest BCUT2D eigenvalue weighted by molar-refractivity contribution is 0.540. The molecule has 0 fully saturated rings. The summed E-state index contributed by atoms with van der Waals surface area (Å²) in [6.07, 6.45) is 7.61. The highest BCUT2D eigenvalue weighted by atomic mass is 15.0. The predicted octanol–water partition coefficient (Wildman–Crippen LogP) is 1.43. The number of hydrogen-bond acceptors (Lipinski definition) is 2. The Morgan fingerprint density at radius 2 is 2.33 bits per heavy atom. The van der Waals surface area contributed by atoms with Crippen LogP contribution in [-0.4, -0.2) is 18.4 Å². The molecule has 0 spiro atoms. The SMILES string of the molecule is C#CC(NC1=NCCC1)C(C)C. The van der Waals surface area contributed by atoms with Crippen molar-refractivity contribution in [3.8, 4) is 12.3 Å². The second-order valence-corrected chi connectivity index (χ2v) is 3.46. The molecule has 0 aromatic rings. The van der Waals surface area contributed by atoms with Crippen molar-refractivity contribution >= 4 is 5.84 Å². The van der Waals surface area contributed by atoms with Gasteiger partial charge in [-0.2, -0.15) is 0 Å². The normalized spacial score (nSPS) is 18.7. The summed E-state index contributed by atoms with van der Waals surface area (Å²) in [6.45, 7) is 5.19. The van der Waals surface area contributed by atoms with Crippen molar-refractivity contribution < 1.29 is 0 Å². The predicted molar refractivity (Wildman–Crippen MR) is 52.1 cm³/mol. The van der Waals surface area contributed by atoms with E-state index in [4.69, 9.17) is 6.42 Å². The van der Waals surface area contributed by atoms with Crippen molar-refractivity contribution in [1.82, 2.24) is 5.32 Å². The maximum atomic E-state index is 5.38. The molecule has 0 bridgehead atoms. The van der Waals surface area contributed by atoms with Gasteiger partial charge in [0.2, 0.25) is 0 Å². The molecule has 1 atom stereocenters. The fourth-order valence-corrected chi connectivity index (χ4v) is 1.24. The number of rotatable bonds is 2. The van der Waals surface area contributed by atoms with Crippen LogP contribution in [0.3, 0.4) is 0 Å². The zero-order valence-electron chi connectivity index (χ0n) is 7.80. The van der Waals surface area contributed by atoms with Gasteiger partial charge in [0, 0.05) is 13.0 Å². The Labute approximate surface area is 74.5 Å². The Morgan fingerprint density at radius 1 is 1.58 bits per heavy atom. The summed E-state index contributed by atoms with van der Waals surface area (Å²) in [4.78, 5) is 4.32. The highest BCUT2D eigenvalue weighted by Crippen LogP contribution is 2.05. The minimum Gasteiger partial charge on any atom is -0.360 e. The summed E-state index contributed by atoms with van der Waals surface area (Å²) in [5.74, 6) is 4.30. The molecular formula is C10H16N2. The average Bonchev–Trinajstić information content (AvgIpc) is 2.51. The summed E-state index contributed by atoms with van der Waals surface area (Å²) in [5, 5.41) is 3.28. The minimum atomic E-state index is 0.141. The molecule has 0 aromatic carbocycles. The molecule has 2 heteroatoms. The van der Waals surface area contributed by atoms with Gasteiger partial charge in [-0.3, -0.25) is 4.99 Å². The van der Waals surface area contributed by atoms with Crippen molar-refractivity contribution in [2.24, 2.45) is 10.9 Å². The number of aliphatic imine (C=N–C) groups is 1. The van der Waals surface area contributed by atoms with Gasteiger partial charge in [0.05, 0.1) is 11.9 Å². The molecular weight excluding hydrogens is 148 g/mol. The largest absolute Gasteiger partial charge is 0.360 e. The lowest BCUT2D eigenvalue weighted by Crippen LogP contribution is -2.36. The molecule has 0 aliphatic carbocycles. The lowest BCUT2D eigenvalue weighted by Gasteiger charge is -2.17. The number of nitrogens with one attached hydrogen (secondary N) is 1. The van der Waals surface area contributed by atoms with Crippen LogP contribution in [0.4, 0.5) is 0 Å². The van der Waals surface area contributed by atoms with E-state index in [9.17, 15) is 0 Å². The molecule has 1 rings (SSSR count). The molecule has 1 N–H and O–H groups in total. The van der Waals surface area contributed by atoms with Gasteiger partial charge >= 0.3 is 0 Å². The van der Waals surface area contributed by atoms with E-state index in [1.165, 1.54) is 0 Å². The maximum Gasteiger partial charge on any atom is 0.0973 e. The Bertz CT molecular complexity index is 210. The zero-order chi connectivity index (χ0) is 8.97. The van der Waals surface area contributed by atoms with E-state index in [2.05, 4.69) is 30.1 Å². The Kier molecular flexibility index (Phi) is 3.16. The van der Waals surface area contributed by atoms with E-state index < -0.39 is 0 Å². The monoisotopic (exact) mass is 164 g/mol. The molecule has 1 aliphatic rings. The van der Waals surface area contributed by atoms with Gasteiger partial charge < -0.3 is 5.32 Å². The minimum absolute atomic E-state index is 0.141. The van der Waals surface area contributed by atoms with E-state index >= 15 is 0 Å². The van der Waals surface area contributed by atoms with Crippen LogP contribution in [0.5, 0.6) is 0 Å². The molecule has 0 saturated heterocycles. The van der Waals surface area contributed by atoms with Crippen LogP contribution in [0.25, 0.3) is 0 Å². The highest BCUT2D eigenvalue weighted by Gasteiger charge is 2.13. The number of hydrogen-bond donors (Lipinski definition) is 1. The standard InChI is InChI=1S/C10H16N2/c1-4-9(8(2)3)12-10-6-5-7-11-10/h1,8-9H,5-7H2,2-3H3,(H,11,12). The summed E-state index contributed by atoms with van der Waals surface area (Å²) in [6, 6.07) is 0.141. The Hall–Kier alpha value is -0.970. The first-order valence-corrected chi connectivity index (χ1v) is 4.50. The smallest absolute Gasteiger partial charge is 0.0973 e. The summed E-state index contributed by atoms with van der Waals surface area (Å²) < 4.78 is 0. The molecule has 0 aromatic heterocycles. The number of terminal acetylenes is 1. The van der Waals surface area contributed by atoms with E-state index in [1.807, 2.05) is 0 Å². The fraction of sp³-hybridized carbons (Fsp3) is 0.700. The van der Waals surface area contributed by atoms with Gasteiger partial charge in [0.15, 0.2) is 0 Å². The zero-order valence-corrected chi connectivity index (χ0v) is 7.80. The first kappa shape index (κ1) is 9.12. The lowest BCUT2D eigenvalue weighted by atomic mass is 10.1. The fourth-order valence-electron chi connectivity index (χ4n) is 1.24. The van der Waals surface area contributed by atoms with Crippen LogP contribution < -0.4 is 5.32 Å². The van der Waals surface area contributed by atoms with Gasteiger partial charge in [0.25, 0.3) is 0 Å². The second-order valence-electron chi connectivity index (χ2n) is 3.46. The van der Waals surface area contributed by atoms with E-state index in [0.717, 1.165) is 25.2 Å². The Balaban J connectivity index is 2.43. The van der Waals surface area contributed by atoms with Gasteiger partial charge in [-0.15, -0.1) is 6.42 Å². The molecule has 1 heterocycles. The first-order valence-electron chi connectivity index (χ1n) is 4.50. The molecule has 66 valence electrons. The molecule has 1 unspecified atom stereocenters. The van der Waals surface area contributed by atoms with E-state index in [0.29, 0.717) is 5.92 Å². The molecule has 0 saturated carbocycles. The third-order valence-corrected chi connectivity index (χ3v) is 2.04. The van der Waals surface area contributed by atoms with Crippen molar-refractivity contribution in [1.29, 1.82) is 0 Å². The molecule has 2 nitrogen and oxygen atoms in total. The molecule has 1 aliphatic heterocycles. The third-order valence-electron chi connectivity index (χ3n) is 2.04. The quantitative estimate of drug-likeness (QED) is 0.613. The first-order chi connectivity index (χ1) is 5.74. The molecule has 12 heavy (non-hydrogen) atoms. The maximum absolute atomic E-state index is 5.38. The van der Waals surface area contributed by atoms with Crippen LogP contribution in [-0.2, 0) is 0 Å². The summed E-state index contributed by atoms with van der Waals surface area (Å²) in [5.41, 5.74) is 0. The topological polar surface area (TPSA) is 24.4 Å². The second kappa shape index (κ2) is 4.15. The third kappa shape index (κ3) is 2.27. The average molecular weight is 164 g/mol. The van der Waals surface area contributed by atoms with Crippen LogP contribution in [0.1, 0.15) is 26.7 Å². The van der Waals surface area contributed by atoms with E-state index in [-0.39, 0.29) is 6.04 Å². The molecule has 0 radical (unpaired) electrons. The van der Waals surface area contributed by atoms with Crippen LogP contribution >= 0.6 is 0 Å². The van der Waals surface area contributed by atoms with Crippen molar-refractivity contribution in [2.75, 3.05) is 6.54 Å². The highest BCUT2D eigenvalue weighted by molar-refractivity contribution is 5.84. The van der Waals surface area contributed by atoms with Gasteiger partial charge in [-0.25, -0.2) is 0 Å². The van der Waals surface area contributed by atoms with Gasteiger partial charge in [-0.05, 0) is 12.3 Å². The number of amidine groups is 1. The van der Waals surface area contributed by atoms with Crippen molar-refractivity contribution in [3.05, 3.63) is 0 Å². The van der Waals surface area contributed by atoms with Gasteiger partial charge in [-0.1, -0.05) is 19.8 Å². The van der Waals surface area contributed by atoms with Gasteiger partial charge in [0.1, 0.15) is 0 Å². The Morgan fingerprint density at radius 3 is 2.75 bits per heavy atom. The van der Waals surface area contributed by atoms with E-state index in [1.54, 1.807) is 0 Å². The van der Waals surface area contributed by atoms with Crippen LogP contribution in [0.2, 0.25) is 0 Å². The van der Waals surface area contributed by atoms with Crippen LogP contribution in [0.15, 0.2) is 4.99 Å². The van der Waals surface area contributed by atoms with Crippen molar-refractivity contribution in [2.45, 2.75) is 32.7 Å². The van der Waals surface area contributed by atoms with Crippen molar-refractivity contribution in [3.63, 3.8) is 0 Å².